The largest absolute Gasteiger partial charge is 0.278 e. The molecular formula is C24H18N4OS3. The van der Waals surface area contributed by atoms with Gasteiger partial charge in [-0.1, -0.05) is 65.6 Å². The standard InChI is InChI=1S/C24H18N4OS3/c1-16-8-5-6-12-19(16)28-21-20(32-24(28)30)22(29)27(18-10-3-2-4-11-18)23(26-21)31-15-17-9-7-13-25-14-17/h2-14H,15H2,1H3. The van der Waals surface area contributed by atoms with E-state index in [1.54, 1.807) is 10.8 Å². The van der Waals surface area contributed by atoms with E-state index in [0.29, 0.717) is 25.2 Å². The molecule has 32 heavy (non-hydrogen) atoms. The number of fused-ring (bicyclic) bond motifs is 1. The Kier molecular flexibility index (Phi) is 5.73. The number of aromatic nitrogens is 4. The number of thiazole rings is 1. The van der Waals surface area contributed by atoms with Crippen molar-refractivity contribution in [2.45, 2.75) is 17.8 Å². The van der Waals surface area contributed by atoms with Gasteiger partial charge in [0.05, 0.1) is 11.4 Å². The third-order valence-corrected chi connectivity index (χ3v) is 7.40. The van der Waals surface area contributed by atoms with Crippen LogP contribution in [0.5, 0.6) is 0 Å². The molecule has 3 aromatic heterocycles. The maximum Gasteiger partial charge on any atom is 0.278 e. The smallest absolute Gasteiger partial charge is 0.275 e. The zero-order valence-corrected chi connectivity index (χ0v) is 19.6. The monoisotopic (exact) mass is 474 g/mol. The van der Waals surface area contributed by atoms with Gasteiger partial charge in [0.25, 0.3) is 5.56 Å². The van der Waals surface area contributed by atoms with Gasteiger partial charge in [0.2, 0.25) is 0 Å². The van der Waals surface area contributed by atoms with Gasteiger partial charge in [-0.2, -0.15) is 0 Å². The van der Waals surface area contributed by atoms with E-state index in [0.717, 1.165) is 22.5 Å². The van der Waals surface area contributed by atoms with Gasteiger partial charge in [-0.15, -0.1) is 0 Å². The lowest BCUT2D eigenvalue weighted by atomic mass is 10.2. The predicted molar refractivity (Wildman–Crippen MR) is 134 cm³/mol. The molecule has 0 spiro atoms. The number of rotatable bonds is 5. The summed E-state index contributed by atoms with van der Waals surface area (Å²) >= 11 is 8.49. The first kappa shape index (κ1) is 20.8. The van der Waals surface area contributed by atoms with Crippen LogP contribution in [0.15, 0.2) is 89.1 Å². The van der Waals surface area contributed by atoms with Crippen LogP contribution in [-0.4, -0.2) is 19.1 Å². The third kappa shape index (κ3) is 3.81. The highest BCUT2D eigenvalue weighted by Gasteiger charge is 2.19. The van der Waals surface area contributed by atoms with Gasteiger partial charge < -0.3 is 0 Å². The Balaban J connectivity index is 1.75. The summed E-state index contributed by atoms with van der Waals surface area (Å²) in [6.45, 7) is 2.03. The topological polar surface area (TPSA) is 52.7 Å². The van der Waals surface area contributed by atoms with Crippen LogP contribution in [0.3, 0.4) is 0 Å². The highest BCUT2D eigenvalue weighted by molar-refractivity contribution is 7.98. The average Bonchev–Trinajstić information content (AvgIpc) is 3.15. The van der Waals surface area contributed by atoms with E-state index in [1.165, 1.54) is 23.1 Å². The zero-order valence-electron chi connectivity index (χ0n) is 17.1. The number of thioether (sulfide) groups is 1. The number of hydrogen-bond acceptors (Lipinski definition) is 6. The molecule has 0 atom stereocenters. The van der Waals surface area contributed by atoms with Crippen molar-refractivity contribution >= 4 is 45.7 Å². The van der Waals surface area contributed by atoms with E-state index < -0.39 is 0 Å². The van der Waals surface area contributed by atoms with Crippen LogP contribution in [0.25, 0.3) is 21.7 Å². The first-order valence-electron chi connectivity index (χ1n) is 9.95. The van der Waals surface area contributed by atoms with Crippen molar-refractivity contribution in [2.24, 2.45) is 0 Å². The maximum absolute atomic E-state index is 13.7. The molecule has 5 aromatic rings. The SMILES string of the molecule is Cc1ccccc1-n1c(=S)sc2c(=O)n(-c3ccccc3)c(SCc3cccnc3)nc21. The van der Waals surface area contributed by atoms with Crippen LogP contribution in [0.1, 0.15) is 11.1 Å². The van der Waals surface area contributed by atoms with Crippen molar-refractivity contribution in [1.82, 2.24) is 19.1 Å². The molecule has 5 nitrogen and oxygen atoms in total. The summed E-state index contributed by atoms with van der Waals surface area (Å²) < 4.78 is 4.74. The van der Waals surface area contributed by atoms with E-state index in [-0.39, 0.29) is 5.56 Å². The molecule has 0 aliphatic carbocycles. The lowest BCUT2D eigenvalue weighted by Crippen LogP contribution is -2.21. The predicted octanol–water partition coefficient (Wildman–Crippen LogP) is 5.96. The van der Waals surface area contributed by atoms with Crippen molar-refractivity contribution in [3.63, 3.8) is 0 Å². The van der Waals surface area contributed by atoms with Gasteiger partial charge in [-0.3, -0.25) is 18.9 Å². The molecule has 0 saturated carbocycles. The molecule has 5 rings (SSSR count). The molecule has 0 saturated heterocycles. The van der Waals surface area contributed by atoms with Gasteiger partial charge in [-0.05, 0) is 54.5 Å². The summed E-state index contributed by atoms with van der Waals surface area (Å²) in [6.07, 6.45) is 3.58. The van der Waals surface area contributed by atoms with E-state index in [9.17, 15) is 4.79 Å². The summed E-state index contributed by atoms with van der Waals surface area (Å²) in [5.41, 5.74) is 4.34. The number of para-hydroxylation sites is 2. The van der Waals surface area contributed by atoms with Gasteiger partial charge in [-0.25, -0.2) is 4.98 Å². The van der Waals surface area contributed by atoms with Crippen LogP contribution in [0.2, 0.25) is 0 Å². The number of aryl methyl sites for hydroxylation is 1. The molecule has 0 aliphatic rings. The molecule has 0 amide bonds. The number of pyridine rings is 1. The van der Waals surface area contributed by atoms with Crippen LogP contribution < -0.4 is 5.56 Å². The molecule has 0 unspecified atom stereocenters. The minimum Gasteiger partial charge on any atom is -0.275 e. The summed E-state index contributed by atoms with van der Waals surface area (Å²) in [5, 5.41) is 0.618. The first-order valence-corrected chi connectivity index (χ1v) is 12.2. The normalized spacial score (nSPS) is 11.2. The molecule has 158 valence electrons. The van der Waals surface area contributed by atoms with Gasteiger partial charge in [0.15, 0.2) is 14.8 Å². The van der Waals surface area contributed by atoms with E-state index in [4.69, 9.17) is 17.2 Å². The Morgan fingerprint density at radius 2 is 1.78 bits per heavy atom. The number of benzene rings is 2. The first-order chi connectivity index (χ1) is 15.6. The zero-order chi connectivity index (χ0) is 22.1. The fourth-order valence-corrected chi connectivity index (χ4v) is 5.72. The fraction of sp³-hybridized carbons (Fsp3) is 0.0833. The third-order valence-electron chi connectivity index (χ3n) is 5.04. The van der Waals surface area contributed by atoms with Gasteiger partial charge in [0, 0.05) is 18.1 Å². The summed E-state index contributed by atoms with van der Waals surface area (Å²) in [4.78, 5) is 22.9. The lowest BCUT2D eigenvalue weighted by Gasteiger charge is -2.13. The van der Waals surface area contributed by atoms with Crippen LogP contribution >= 0.6 is 35.3 Å². The second-order valence-electron chi connectivity index (χ2n) is 7.16. The highest BCUT2D eigenvalue weighted by atomic mass is 32.2. The minimum atomic E-state index is -0.113. The molecule has 8 heteroatoms. The Hall–Kier alpha value is -3.07. The van der Waals surface area contributed by atoms with Crippen molar-refractivity contribution in [3.8, 4) is 11.4 Å². The van der Waals surface area contributed by atoms with E-state index >= 15 is 0 Å². The minimum absolute atomic E-state index is 0.113. The van der Waals surface area contributed by atoms with Gasteiger partial charge in [0.1, 0.15) is 4.70 Å². The average molecular weight is 475 g/mol. The molecule has 0 radical (unpaired) electrons. The van der Waals surface area contributed by atoms with Crippen LogP contribution in [0.4, 0.5) is 0 Å². The Morgan fingerprint density at radius 3 is 2.53 bits per heavy atom. The second-order valence-corrected chi connectivity index (χ2v) is 9.75. The van der Waals surface area contributed by atoms with E-state index in [1.807, 2.05) is 84.4 Å². The molecule has 3 heterocycles. The molecule has 0 aliphatic heterocycles. The molecule has 0 bridgehead atoms. The Bertz CT molecular complexity index is 1520. The summed E-state index contributed by atoms with van der Waals surface area (Å²) in [5.74, 6) is 0.647. The van der Waals surface area contributed by atoms with Crippen molar-refractivity contribution < 1.29 is 0 Å². The maximum atomic E-state index is 13.7. The number of nitrogens with zero attached hydrogens (tertiary/aromatic N) is 4. The molecule has 0 fully saturated rings. The lowest BCUT2D eigenvalue weighted by molar-refractivity contribution is 0.811. The Labute approximate surface area is 198 Å². The van der Waals surface area contributed by atoms with E-state index in [2.05, 4.69) is 4.98 Å². The summed E-state index contributed by atoms with van der Waals surface area (Å²) in [7, 11) is 0. The van der Waals surface area contributed by atoms with Crippen molar-refractivity contribution in [3.05, 3.63) is 105 Å². The van der Waals surface area contributed by atoms with Crippen molar-refractivity contribution in [1.29, 1.82) is 0 Å². The molecule has 2 aromatic carbocycles. The fourth-order valence-electron chi connectivity index (χ4n) is 3.50. The molecular weight excluding hydrogens is 456 g/mol. The number of hydrogen-bond donors (Lipinski definition) is 0. The second kappa shape index (κ2) is 8.82. The molecule has 0 N–H and O–H groups in total. The Morgan fingerprint density at radius 1 is 1.00 bits per heavy atom. The summed E-state index contributed by atoms with van der Waals surface area (Å²) in [6, 6.07) is 21.5. The van der Waals surface area contributed by atoms with Crippen LogP contribution in [0, 0.1) is 10.9 Å². The van der Waals surface area contributed by atoms with Crippen LogP contribution in [-0.2, 0) is 5.75 Å². The highest BCUT2D eigenvalue weighted by Crippen LogP contribution is 2.29. The van der Waals surface area contributed by atoms with Gasteiger partial charge >= 0.3 is 0 Å². The quantitative estimate of drug-likeness (QED) is 0.179. The van der Waals surface area contributed by atoms with Crippen molar-refractivity contribution in [2.75, 3.05) is 0 Å².